The highest BCUT2D eigenvalue weighted by Gasteiger charge is 2.14. The van der Waals surface area contributed by atoms with Gasteiger partial charge in [0.1, 0.15) is 12.3 Å². The summed E-state index contributed by atoms with van der Waals surface area (Å²) in [5, 5.41) is 0.774. The largest absolute Gasteiger partial charge is 0.482 e. The number of ether oxygens (including phenoxy) is 2. The molecule has 0 bridgehead atoms. The molecule has 6 nitrogen and oxygen atoms in total. The molecule has 1 amide bonds. The number of amides is 1. The first-order chi connectivity index (χ1) is 13.4. The highest BCUT2D eigenvalue weighted by molar-refractivity contribution is 7.16. The van der Waals surface area contributed by atoms with Crippen molar-refractivity contribution in [1.29, 1.82) is 0 Å². The smallest absolute Gasteiger partial charge is 0.325 e. The van der Waals surface area contributed by atoms with Gasteiger partial charge in [-0.15, -0.1) is 0 Å². The number of halogens is 2. The van der Waals surface area contributed by atoms with Crippen molar-refractivity contribution in [3.63, 3.8) is 0 Å². The molecule has 0 saturated heterocycles. The maximum Gasteiger partial charge on any atom is 0.325 e. The lowest BCUT2D eigenvalue weighted by Gasteiger charge is -2.07. The first-order valence-corrected chi connectivity index (χ1v) is 9.77. The third kappa shape index (κ3) is 4.55. The van der Waals surface area contributed by atoms with Crippen LogP contribution in [0.15, 0.2) is 41.4 Å². The van der Waals surface area contributed by atoms with Gasteiger partial charge in [-0.05, 0) is 36.8 Å². The van der Waals surface area contributed by atoms with Crippen LogP contribution >= 0.6 is 34.5 Å². The van der Waals surface area contributed by atoms with Crippen LogP contribution in [-0.4, -0.2) is 30.2 Å². The normalized spacial score (nSPS) is 11.6. The van der Waals surface area contributed by atoms with Crippen LogP contribution in [0.1, 0.15) is 5.56 Å². The molecule has 0 aliphatic carbocycles. The second-order valence-electron chi connectivity index (χ2n) is 5.84. The van der Waals surface area contributed by atoms with E-state index in [0.717, 1.165) is 15.8 Å². The van der Waals surface area contributed by atoms with Gasteiger partial charge in [0.25, 0.3) is 5.91 Å². The third-order valence-electron chi connectivity index (χ3n) is 3.88. The van der Waals surface area contributed by atoms with Crippen molar-refractivity contribution in [3.8, 4) is 5.75 Å². The average Bonchev–Trinajstić information content (AvgIpc) is 2.99. The lowest BCUT2D eigenvalue weighted by molar-refractivity contribution is -0.141. The Kier molecular flexibility index (Phi) is 6.39. The zero-order valence-electron chi connectivity index (χ0n) is 15.1. The van der Waals surface area contributed by atoms with Gasteiger partial charge < -0.3 is 14.0 Å². The van der Waals surface area contributed by atoms with E-state index in [1.165, 1.54) is 24.5 Å². The van der Waals surface area contributed by atoms with Crippen LogP contribution in [0.5, 0.6) is 5.75 Å². The van der Waals surface area contributed by atoms with Crippen molar-refractivity contribution in [3.05, 3.63) is 56.8 Å². The first kappa shape index (κ1) is 20.4. The Morgan fingerprint density at radius 1 is 1.21 bits per heavy atom. The van der Waals surface area contributed by atoms with Crippen molar-refractivity contribution >= 4 is 56.6 Å². The molecule has 0 radical (unpaired) electrons. The van der Waals surface area contributed by atoms with Gasteiger partial charge in [0, 0.05) is 5.02 Å². The van der Waals surface area contributed by atoms with Crippen LogP contribution in [-0.2, 0) is 20.9 Å². The number of carbonyl (C=O) groups excluding carboxylic acids is 2. The number of nitrogens with zero attached hydrogens (tertiary/aromatic N) is 2. The lowest BCUT2D eigenvalue weighted by Crippen LogP contribution is -2.23. The third-order valence-corrected chi connectivity index (χ3v) is 5.46. The molecule has 0 N–H and O–H groups in total. The van der Waals surface area contributed by atoms with E-state index < -0.39 is 11.9 Å². The van der Waals surface area contributed by atoms with Gasteiger partial charge in [-0.2, -0.15) is 4.99 Å². The van der Waals surface area contributed by atoms with Crippen molar-refractivity contribution in [2.75, 3.05) is 13.7 Å². The second-order valence-corrected chi connectivity index (χ2v) is 7.69. The molecule has 2 aromatic carbocycles. The maximum atomic E-state index is 12.3. The number of hydrogen-bond donors (Lipinski definition) is 0. The SMILES string of the molecule is COC(=O)Cn1c(=NC(=O)COc2ccc(Cl)cc2Cl)sc2cccc(C)c21. The average molecular weight is 439 g/mol. The summed E-state index contributed by atoms with van der Waals surface area (Å²) in [5.74, 6) is -0.598. The molecule has 1 aromatic heterocycles. The van der Waals surface area contributed by atoms with Gasteiger partial charge in [0.05, 0.1) is 22.3 Å². The number of esters is 1. The van der Waals surface area contributed by atoms with Gasteiger partial charge in [-0.25, -0.2) is 0 Å². The predicted molar refractivity (Wildman–Crippen MR) is 109 cm³/mol. The minimum atomic E-state index is -0.506. The minimum absolute atomic E-state index is 0.0443. The summed E-state index contributed by atoms with van der Waals surface area (Å²) >= 11 is 13.2. The molecule has 0 atom stereocenters. The number of carbonyl (C=O) groups is 2. The molecule has 28 heavy (non-hydrogen) atoms. The molecular formula is C19H16Cl2N2O4S. The molecule has 0 aliphatic rings. The molecule has 0 fully saturated rings. The highest BCUT2D eigenvalue weighted by Crippen LogP contribution is 2.27. The number of methoxy groups -OCH3 is 1. The van der Waals surface area contributed by atoms with E-state index in [0.29, 0.717) is 20.6 Å². The van der Waals surface area contributed by atoms with Crippen LogP contribution in [0.4, 0.5) is 0 Å². The maximum absolute atomic E-state index is 12.3. The van der Waals surface area contributed by atoms with Gasteiger partial charge in [-0.3, -0.25) is 9.59 Å². The minimum Gasteiger partial charge on any atom is -0.482 e. The fourth-order valence-electron chi connectivity index (χ4n) is 2.60. The van der Waals surface area contributed by atoms with Gasteiger partial charge in [-0.1, -0.05) is 46.7 Å². The van der Waals surface area contributed by atoms with E-state index in [9.17, 15) is 9.59 Å². The van der Waals surface area contributed by atoms with Crippen molar-refractivity contribution in [1.82, 2.24) is 4.57 Å². The Bertz CT molecular complexity index is 1120. The number of aromatic nitrogens is 1. The molecular weight excluding hydrogens is 423 g/mol. The quantitative estimate of drug-likeness (QED) is 0.564. The van der Waals surface area contributed by atoms with Crippen LogP contribution < -0.4 is 9.54 Å². The van der Waals surface area contributed by atoms with Gasteiger partial charge in [0.2, 0.25) is 0 Å². The van der Waals surface area contributed by atoms with Gasteiger partial charge >= 0.3 is 5.97 Å². The Hall–Kier alpha value is -2.35. The molecule has 0 aliphatic heterocycles. The summed E-state index contributed by atoms with van der Waals surface area (Å²) in [6, 6.07) is 10.5. The summed E-state index contributed by atoms with van der Waals surface area (Å²) in [5.41, 5.74) is 1.81. The van der Waals surface area contributed by atoms with Crippen LogP contribution in [0.3, 0.4) is 0 Å². The van der Waals surface area contributed by atoms with Crippen molar-refractivity contribution in [2.45, 2.75) is 13.5 Å². The summed E-state index contributed by atoms with van der Waals surface area (Å²) in [7, 11) is 1.32. The Morgan fingerprint density at radius 2 is 2.00 bits per heavy atom. The number of para-hydroxylation sites is 1. The zero-order chi connectivity index (χ0) is 20.3. The fourth-order valence-corrected chi connectivity index (χ4v) is 4.19. The Labute approximate surface area is 174 Å². The second kappa shape index (κ2) is 8.77. The number of rotatable bonds is 5. The topological polar surface area (TPSA) is 69.9 Å². The monoisotopic (exact) mass is 438 g/mol. The number of benzene rings is 2. The standard InChI is InChI=1S/C19H16Cl2N2O4S/c1-11-4-3-5-15-18(11)23(9-17(25)26-2)19(28-15)22-16(24)10-27-14-7-6-12(20)8-13(14)21/h3-8H,9-10H2,1-2H3. The zero-order valence-corrected chi connectivity index (χ0v) is 17.4. The Balaban J connectivity index is 1.91. The molecule has 146 valence electrons. The van der Waals surface area contributed by atoms with Crippen LogP contribution in [0.2, 0.25) is 10.0 Å². The van der Waals surface area contributed by atoms with E-state index in [-0.39, 0.29) is 13.2 Å². The molecule has 1 heterocycles. The van der Waals surface area contributed by atoms with E-state index in [1.807, 2.05) is 25.1 Å². The number of hydrogen-bond acceptors (Lipinski definition) is 5. The van der Waals surface area contributed by atoms with Crippen LogP contribution in [0, 0.1) is 6.92 Å². The highest BCUT2D eigenvalue weighted by atomic mass is 35.5. The van der Waals surface area contributed by atoms with E-state index in [2.05, 4.69) is 4.99 Å². The molecule has 3 aromatic rings. The molecule has 0 unspecified atom stereocenters. The van der Waals surface area contributed by atoms with Crippen molar-refractivity contribution in [2.24, 2.45) is 4.99 Å². The number of thiazole rings is 1. The van der Waals surface area contributed by atoms with E-state index >= 15 is 0 Å². The molecule has 3 rings (SSSR count). The summed E-state index contributed by atoms with van der Waals surface area (Å²) in [6.45, 7) is 1.59. The summed E-state index contributed by atoms with van der Waals surface area (Å²) in [4.78, 5) is 28.7. The summed E-state index contributed by atoms with van der Waals surface area (Å²) in [6.07, 6.45) is 0. The molecule has 0 saturated carbocycles. The molecule has 0 spiro atoms. The van der Waals surface area contributed by atoms with E-state index in [4.69, 9.17) is 32.7 Å². The van der Waals surface area contributed by atoms with Crippen molar-refractivity contribution < 1.29 is 19.1 Å². The number of aryl methyl sites for hydroxylation is 1. The fraction of sp³-hybridized carbons (Fsp3) is 0.211. The predicted octanol–water partition coefficient (Wildman–Crippen LogP) is 4.00. The lowest BCUT2D eigenvalue weighted by atomic mass is 10.2. The summed E-state index contributed by atoms with van der Waals surface area (Å²) < 4.78 is 12.8. The van der Waals surface area contributed by atoms with Crippen LogP contribution in [0.25, 0.3) is 10.2 Å². The Morgan fingerprint density at radius 3 is 2.71 bits per heavy atom. The molecule has 9 heteroatoms. The first-order valence-electron chi connectivity index (χ1n) is 8.20. The van der Waals surface area contributed by atoms with Gasteiger partial charge in [0.15, 0.2) is 11.4 Å². The van der Waals surface area contributed by atoms with E-state index in [1.54, 1.807) is 16.7 Å². The number of fused-ring (bicyclic) bond motifs is 1.